The Bertz CT molecular complexity index is 641. The van der Waals surface area contributed by atoms with Crippen LogP contribution in [0, 0.1) is 5.82 Å². The zero-order chi connectivity index (χ0) is 18.3. The molecule has 25 heavy (non-hydrogen) atoms. The van der Waals surface area contributed by atoms with Crippen molar-refractivity contribution in [3.8, 4) is 11.5 Å². The molecule has 4 nitrogen and oxygen atoms in total. The highest BCUT2D eigenvalue weighted by Crippen LogP contribution is 2.17. The molecular formula is C20H26FNO3. The third kappa shape index (κ3) is 6.72. The Balaban J connectivity index is 1.76. The molecule has 0 heterocycles. The Morgan fingerprint density at radius 2 is 1.64 bits per heavy atom. The Labute approximate surface area is 148 Å². The van der Waals surface area contributed by atoms with Crippen molar-refractivity contribution < 1.29 is 19.0 Å². The van der Waals surface area contributed by atoms with E-state index < -0.39 is 6.10 Å². The molecule has 0 aliphatic carbocycles. The summed E-state index contributed by atoms with van der Waals surface area (Å²) in [5, 5.41) is 13.4. The number of nitrogens with one attached hydrogen (secondary N) is 1. The van der Waals surface area contributed by atoms with E-state index in [4.69, 9.17) is 9.47 Å². The van der Waals surface area contributed by atoms with Gasteiger partial charge >= 0.3 is 0 Å². The lowest BCUT2D eigenvalue weighted by molar-refractivity contribution is 0.0988. The van der Waals surface area contributed by atoms with Gasteiger partial charge in [0.05, 0.1) is 7.11 Å². The SMILES string of the molecule is COc1ccc(CC(C)(C)NCC(O)COc2ccc(F)cc2)cc1. The van der Waals surface area contributed by atoms with Crippen LogP contribution in [0.3, 0.4) is 0 Å². The van der Waals surface area contributed by atoms with Crippen molar-refractivity contribution in [3.63, 3.8) is 0 Å². The lowest BCUT2D eigenvalue weighted by Gasteiger charge is -2.28. The fourth-order valence-electron chi connectivity index (χ4n) is 2.49. The van der Waals surface area contributed by atoms with Crippen molar-refractivity contribution in [1.82, 2.24) is 5.32 Å². The van der Waals surface area contributed by atoms with Crippen LogP contribution >= 0.6 is 0 Å². The second-order valence-corrected chi connectivity index (χ2v) is 6.71. The maximum atomic E-state index is 12.8. The van der Waals surface area contributed by atoms with E-state index in [0.717, 1.165) is 12.2 Å². The Hall–Kier alpha value is -2.11. The first kappa shape index (κ1) is 19.2. The van der Waals surface area contributed by atoms with Gasteiger partial charge in [-0.1, -0.05) is 12.1 Å². The Morgan fingerprint density at radius 3 is 2.24 bits per heavy atom. The number of rotatable bonds is 9. The second kappa shape index (κ2) is 8.83. The van der Waals surface area contributed by atoms with Crippen LogP contribution in [-0.4, -0.2) is 37.0 Å². The largest absolute Gasteiger partial charge is 0.497 e. The topological polar surface area (TPSA) is 50.7 Å². The first-order chi connectivity index (χ1) is 11.9. The molecule has 0 amide bonds. The Kier molecular flexibility index (Phi) is 6.79. The monoisotopic (exact) mass is 347 g/mol. The average molecular weight is 347 g/mol. The molecule has 2 aromatic rings. The van der Waals surface area contributed by atoms with Gasteiger partial charge < -0.3 is 19.9 Å². The highest BCUT2D eigenvalue weighted by molar-refractivity contribution is 5.28. The normalized spacial score (nSPS) is 12.7. The summed E-state index contributed by atoms with van der Waals surface area (Å²) in [4.78, 5) is 0. The van der Waals surface area contributed by atoms with Gasteiger partial charge in [0.1, 0.15) is 30.0 Å². The highest BCUT2D eigenvalue weighted by atomic mass is 19.1. The minimum absolute atomic E-state index is 0.150. The van der Waals surface area contributed by atoms with Crippen LogP contribution < -0.4 is 14.8 Å². The molecule has 0 spiro atoms. The summed E-state index contributed by atoms with van der Waals surface area (Å²) in [5.74, 6) is 1.07. The molecule has 0 aliphatic rings. The van der Waals surface area contributed by atoms with Crippen LogP contribution in [0.1, 0.15) is 19.4 Å². The molecule has 136 valence electrons. The van der Waals surface area contributed by atoms with Crippen molar-refractivity contribution in [3.05, 3.63) is 59.9 Å². The maximum absolute atomic E-state index is 12.8. The van der Waals surface area contributed by atoms with Gasteiger partial charge in [-0.3, -0.25) is 0 Å². The molecule has 1 atom stereocenters. The predicted octanol–water partition coefficient (Wildman–Crippen LogP) is 3.18. The molecule has 2 aromatic carbocycles. The molecule has 5 heteroatoms. The van der Waals surface area contributed by atoms with Crippen LogP contribution in [-0.2, 0) is 6.42 Å². The first-order valence-electron chi connectivity index (χ1n) is 8.32. The van der Waals surface area contributed by atoms with Gasteiger partial charge in [-0.25, -0.2) is 4.39 Å². The number of methoxy groups -OCH3 is 1. The molecule has 0 fully saturated rings. The number of aliphatic hydroxyl groups excluding tert-OH is 1. The number of hydrogen-bond donors (Lipinski definition) is 2. The van der Waals surface area contributed by atoms with Gasteiger partial charge in [0.15, 0.2) is 0 Å². The minimum atomic E-state index is -0.653. The standard InChI is InChI=1S/C20H26FNO3/c1-20(2,12-15-4-8-18(24-3)9-5-15)22-13-17(23)14-25-19-10-6-16(21)7-11-19/h4-11,17,22-23H,12-14H2,1-3H3. The predicted molar refractivity (Wildman–Crippen MR) is 96.7 cm³/mol. The van der Waals surface area contributed by atoms with E-state index in [1.807, 2.05) is 24.3 Å². The molecule has 0 aliphatic heterocycles. The van der Waals surface area contributed by atoms with Crippen molar-refractivity contribution in [2.45, 2.75) is 31.9 Å². The molecular weight excluding hydrogens is 321 g/mol. The summed E-state index contributed by atoms with van der Waals surface area (Å²) in [6, 6.07) is 13.7. The van der Waals surface area contributed by atoms with E-state index in [1.54, 1.807) is 19.2 Å². The number of aliphatic hydroxyl groups is 1. The maximum Gasteiger partial charge on any atom is 0.123 e. The lowest BCUT2D eigenvalue weighted by atomic mass is 9.94. The van der Waals surface area contributed by atoms with Crippen molar-refractivity contribution >= 4 is 0 Å². The van der Waals surface area contributed by atoms with E-state index in [1.165, 1.54) is 17.7 Å². The summed E-state index contributed by atoms with van der Waals surface area (Å²) < 4.78 is 23.5. The van der Waals surface area contributed by atoms with E-state index in [9.17, 15) is 9.50 Å². The lowest BCUT2D eigenvalue weighted by Crippen LogP contribution is -2.46. The quantitative estimate of drug-likeness (QED) is 0.731. The third-order valence-electron chi connectivity index (χ3n) is 3.88. The number of benzene rings is 2. The summed E-state index contributed by atoms with van der Waals surface area (Å²) in [7, 11) is 1.65. The Morgan fingerprint density at radius 1 is 1.04 bits per heavy atom. The van der Waals surface area contributed by atoms with Crippen molar-refractivity contribution in [1.29, 1.82) is 0 Å². The summed E-state index contributed by atoms with van der Waals surface area (Å²) in [6.07, 6.45) is 0.169. The van der Waals surface area contributed by atoms with Gasteiger partial charge in [-0.15, -0.1) is 0 Å². The molecule has 0 aromatic heterocycles. The number of halogens is 1. The van der Waals surface area contributed by atoms with Crippen molar-refractivity contribution in [2.24, 2.45) is 0 Å². The van der Waals surface area contributed by atoms with E-state index in [2.05, 4.69) is 19.2 Å². The smallest absolute Gasteiger partial charge is 0.123 e. The molecule has 0 saturated carbocycles. The van der Waals surface area contributed by atoms with Crippen LogP contribution in [0.5, 0.6) is 11.5 Å². The highest BCUT2D eigenvalue weighted by Gasteiger charge is 2.19. The van der Waals surface area contributed by atoms with Gasteiger partial charge in [-0.05, 0) is 62.2 Å². The number of ether oxygens (including phenoxy) is 2. The molecule has 1 unspecified atom stereocenters. The van der Waals surface area contributed by atoms with Crippen LogP contribution in [0.25, 0.3) is 0 Å². The fraction of sp³-hybridized carbons (Fsp3) is 0.400. The molecule has 2 N–H and O–H groups in total. The zero-order valence-corrected chi connectivity index (χ0v) is 15.0. The average Bonchev–Trinajstić information content (AvgIpc) is 2.60. The first-order valence-corrected chi connectivity index (χ1v) is 8.32. The molecule has 0 bridgehead atoms. The van der Waals surface area contributed by atoms with Crippen LogP contribution in [0.15, 0.2) is 48.5 Å². The number of β-amino-alcohol motifs (C(OH)–C–C–N with tert-alkyl or cyclic N) is 1. The van der Waals surface area contributed by atoms with Crippen LogP contribution in [0.2, 0.25) is 0 Å². The molecule has 0 radical (unpaired) electrons. The summed E-state index contributed by atoms with van der Waals surface area (Å²) >= 11 is 0. The van der Waals surface area contributed by atoms with Crippen molar-refractivity contribution in [2.75, 3.05) is 20.3 Å². The summed E-state index contributed by atoms with van der Waals surface area (Å²) in [6.45, 7) is 4.73. The van der Waals surface area contributed by atoms with E-state index >= 15 is 0 Å². The van der Waals surface area contributed by atoms with Gasteiger partial charge in [0.2, 0.25) is 0 Å². The fourth-order valence-corrected chi connectivity index (χ4v) is 2.49. The minimum Gasteiger partial charge on any atom is -0.497 e. The third-order valence-corrected chi connectivity index (χ3v) is 3.88. The molecule has 2 rings (SSSR count). The number of hydrogen-bond acceptors (Lipinski definition) is 4. The van der Waals surface area contributed by atoms with Gasteiger partial charge in [-0.2, -0.15) is 0 Å². The second-order valence-electron chi connectivity index (χ2n) is 6.71. The zero-order valence-electron chi connectivity index (χ0n) is 15.0. The van der Waals surface area contributed by atoms with E-state index in [-0.39, 0.29) is 18.0 Å². The van der Waals surface area contributed by atoms with Gasteiger partial charge in [0, 0.05) is 12.1 Å². The summed E-state index contributed by atoms with van der Waals surface area (Å²) in [5.41, 5.74) is 1.01. The van der Waals surface area contributed by atoms with Crippen LogP contribution in [0.4, 0.5) is 4.39 Å². The van der Waals surface area contributed by atoms with Gasteiger partial charge in [0.25, 0.3) is 0 Å². The molecule has 0 saturated heterocycles. The van der Waals surface area contributed by atoms with E-state index in [0.29, 0.717) is 12.3 Å².